The summed E-state index contributed by atoms with van der Waals surface area (Å²) >= 11 is 0. The van der Waals surface area contributed by atoms with Crippen molar-refractivity contribution < 1.29 is 14.3 Å². The molecule has 0 bridgehead atoms. The quantitative estimate of drug-likeness (QED) is 0.894. The summed E-state index contributed by atoms with van der Waals surface area (Å²) in [6, 6.07) is 5.52. The Labute approximate surface area is 118 Å². The molecule has 2 aliphatic rings. The van der Waals surface area contributed by atoms with Gasteiger partial charge < -0.3 is 20.1 Å². The first-order chi connectivity index (χ1) is 9.68. The lowest BCUT2D eigenvalue weighted by atomic mass is 9.96. The highest BCUT2D eigenvalue weighted by Crippen LogP contribution is 2.36. The molecule has 1 saturated heterocycles. The number of fused-ring (bicyclic) bond motifs is 1. The number of hydrogen-bond acceptors (Lipinski definition) is 4. The average Bonchev–Trinajstić information content (AvgIpc) is 2.94. The molecule has 20 heavy (non-hydrogen) atoms. The van der Waals surface area contributed by atoms with Crippen molar-refractivity contribution in [3.05, 3.63) is 23.8 Å². The molecule has 3 rings (SSSR count). The fourth-order valence-electron chi connectivity index (χ4n) is 3.01. The van der Waals surface area contributed by atoms with Crippen LogP contribution in [0.3, 0.4) is 0 Å². The van der Waals surface area contributed by atoms with E-state index in [0.29, 0.717) is 17.1 Å². The lowest BCUT2D eigenvalue weighted by molar-refractivity contribution is 0.0579. The van der Waals surface area contributed by atoms with Gasteiger partial charge in [-0.05, 0) is 38.3 Å². The largest absolute Gasteiger partial charge is 0.454 e. The van der Waals surface area contributed by atoms with E-state index in [4.69, 9.17) is 15.2 Å². The molecular weight excluding hydrogens is 256 g/mol. The minimum Gasteiger partial charge on any atom is -0.454 e. The minimum absolute atomic E-state index is 0.00523. The van der Waals surface area contributed by atoms with Crippen molar-refractivity contribution in [2.45, 2.75) is 38.3 Å². The van der Waals surface area contributed by atoms with E-state index in [-0.39, 0.29) is 24.8 Å². The topological polar surface area (TPSA) is 64.8 Å². The van der Waals surface area contributed by atoms with Gasteiger partial charge in [-0.25, -0.2) is 0 Å². The molecule has 0 radical (unpaired) electrons. The first-order valence-electron chi connectivity index (χ1n) is 7.13. The molecule has 5 heteroatoms. The van der Waals surface area contributed by atoms with E-state index in [2.05, 4.69) is 0 Å². The molecule has 0 saturated carbocycles. The van der Waals surface area contributed by atoms with Crippen molar-refractivity contribution in [2.24, 2.45) is 5.73 Å². The van der Waals surface area contributed by atoms with Gasteiger partial charge in [0.05, 0.1) is 5.56 Å². The first-order valence-corrected chi connectivity index (χ1v) is 7.13. The minimum atomic E-state index is -0.0202. The smallest absolute Gasteiger partial charge is 0.258 e. The van der Waals surface area contributed by atoms with E-state index in [1.54, 1.807) is 6.07 Å². The van der Waals surface area contributed by atoms with Gasteiger partial charge in [0.15, 0.2) is 11.5 Å². The molecule has 1 aromatic rings. The number of para-hydroxylation sites is 1. The van der Waals surface area contributed by atoms with Gasteiger partial charge in [0.25, 0.3) is 5.91 Å². The fourth-order valence-corrected chi connectivity index (χ4v) is 3.01. The van der Waals surface area contributed by atoms with Gasteiger partial charge in [-0.2, -0.15) is 0 Å². The fraction of sp³-hybridized carbons (Fsp3) is 0.533. The number of piperidine rings is 1. The molecule has 2 heterocycles. The van der Waals surface area contributed by atoms with E-state index in [9.17, 15) is 4.79 Å². The average molecular weight is 276 g/mol. The molecule has 0 spiro atoms. The standard InChI is InChI=1S/C15H20N2O3/c1-10(16)12-6-2-3-8-17(12)15(18)11-5-4-7-13-14(11)20-9-19-13/h4-5,7,10,12H,2-3,6,8-9,16H2,1H3/t10-,12-/m1/s1. The third-order valence-electron chi connectivity index (χ3n) is 4.04. The second-order valence-corrected chi connectivity index (χ2v) is 5.46. The van der Waals surface area contributed by atoms with Crippen molar-refractivity contribution in [1.82, 2.24) is 4.90 Å². The van der Waals surface area contributed by atoms with Crippen LogP contribution in [0.5, 0.6) is 11.5 Å². The second kappa shape index (κ2) is 5.32. The zero-order valence-corrected chi connectivity index (χ0v) is 11.7. The van der Waals surface area contributed by atoms with Crippen molar-refractivity contribution in [2.75, 3.05) is 13.3 Å². The third-order valence-corrected chi connectivity index (χ3v) is 4.04. The van der Waals surface area contributed by atoms with Gasteiger partial charge in [0.2, 0.25) is 6.79 Å². The van der Waals surface area contributed by atoms with Crippen LogP contribution in [0.4, 0.5) is 0 Å². The van der Waals surface area contributed by atoms with E-state index in [1.165, 1.54) is 0 Å². The third kappa shape index (κ3) is 2.22. The predicted molar refractivity (Wildman–Crippen MR) is 74.9 cm³/mol. The SMILES string of the molecule is C[C@@H](N)[C@H]1CCCCN1C(=O)c1cccc2c1OCO2. The van der Waals surface area contributed by atoms with Crippen LogP contribution in [-0.4, -0.2) is 36.2 Å². The molecule has 5 nitrogen and oxygen atoms in total. The van der Waals surface area contributed by atoms with Crippen molar-refractivity contribution in [1.29, 1.82) is 0 Å². The monoisotopic (exact) mass is 276 g/mol. The maximum Gasteiger partial charge on any atom is 0.258 e. The summed E-state index contributed by atoms with van der Waals surface area (Å²) in [6.45, 7) is 2.90. The Morgan fingerprint density at radius 3 is 3.05 bits per heavy atom. The zero-order chi connectivity index (χ0) is 14.1. The summed E-state index contributed by atoms with van der Waals surface area (Å²) in [7, 11) is 0. The number of carbonyl (C=O) groups is 1. The number of likely N-dealkylation sites (tertiary alicyclic amines) is 1. The predicted octanol–water partition coefficient (Wildman–Crippen LogP) is 1.76. The molecule has 2 aliphatic heterocycles. The molecule has 1 amide bonds. The van der Waals surface area contributed by atoms with Crippen LogP contribution in [0, 0.1) is 0 Å². The zero-order valence-electron chi connectivity index (χ0n) is 11.7. The lowest BCUT2D eigenvalue weighted by Gasteiger charge is -2.38. The summed E-state index contributed by atoms with van der Waals surface area (Å²) in [6.07, 6.45) is 3.12. The van der Waals surface area contributed by atoms with Gasteiger partial charge in [-0.3, -0.25) is 4.79 Å². The van der Waals surface area contributed by atoms with E-state index in [1.807, 2.05) is 24.0 Å². The maximum atomic E-state index is 12.8. The number of hydrogen-bond donors (Lipinski definition) is 1. The van der Waals surface area contributed by atoms with Crippen LogP contribution in [0.1, 0.15) is 36.5 Å². The Morgan fingerprint density at radius 1 is 1.40 bits per heavy atom. The molecule has 0 unspecified atom stereocenters. The summed E-state index contributed by atoms with van der Waals surface area (Å²) in [4.78, 5) is 14.7. The molecule has 2 N–H and O–H groups in total. The van der Waals surface area contributed by atoms with Crippen LogP contribution < -0.4 is 15.2 Å². The van der Waals surface area contributed by atoms with Crippen molar-refractivity contribution in [3.8, 4) is 11.5 Å². The Bertz CT molecular complexity index is 516. The summed E-state index contributed by atoms with van der Waals surface area (Å²) in [5.74, 6) is 1.20. The van der Waals surface area contributed by atoms with E-state index in [0.717, 1.165) is 25.8 Å². The molecule has 2 atom stereocenters. The Morgan fingerprint density at radius 2 is 2.25 bits per heavy atom. The first kappa shape index (κ1) is 13.2. The summed E-state index contributed by atoms with van der Waals surface area (Å²) in [5.41, 5.74) is 6.61. The van der Waals surface area contributed by atoms with Crippen molar-refractivity contribution >= 4 is 5.91 Å². The van der Waals surface area contributed by atoms with E-state index < -0.39 is 0 Å². The Kier molecular flexibility index (Phi) is 3.53. The normalized spacial score (nSPS) is 22.7. The Hall–Kier alpha value is -1.75. The number of ether oxygens (including phenoxy) is 2. The molecule has 0 aromatic heterocycles. The van der Waals surface area contributed by atoms with Crippen LogP contribution >= 0.6 is 0 Å². The lowest BCUT2D eigenvalue weighted by Crippen LogP contribution is -2.51. The molecule has 108 valence electrons. The second-order valence-electron chi connectivity index (χ2n) is 5.46. The highest BCUT2D eigenvalue weighted by molar-refractivity contribution is 5.98. The molecule has 1 fully saturated rings. The van der Waals surface area contributed by atoms with Crippen LogP contribution in [0.25, 0.3) is 0 Å². The van der Waals surface area contributed by atoms with Gasteiger partial charge in [-0.1, -0.05) is 6.07 Å². The van der Waals surface area contributed by atoms with Gasteiger partial charge >= 0.3 is 0 Å². The van der Waals surface area contributed by atoms with Gasteiger partial charge in [-0.15, -0.1) is 0 Å². The number of benzene rings is 1. The number of carbonyl (C=O) groups excluding carboxylic acids is 1. The molecular formula is C15H20N2O3. The Balaban J connectivity index is 1.90. The maximum absolute atomic E-state index is 12.8. The van der Waals surface area contributed by atoms with Gasteiger partial charge in [0.1, 0.15) is 0 Å². The number of rotatable bonds is 2. The summed E-state index contributed by atoms with van der Waals surface area (Å²) in [5, 5.41) is 0. The number of nitrogens with two attached hydrogens (primary N) is 1. The van der Waals surface area contributed by atoms with Crippen molar-refractivity contribution in [3.63, 3.8) is 0 Å². The summed E-state index contributed by atoms with van der Waals surface area (Å²) < 4.78 is 10.8. The van der Waals surface area contributed by atoms with Crippen LogP contribution in [-0.2, 0) is 0 Å². The molecule has 1 aromatic carbocycles. The van der Waals surface area contributed by atoms with E-state index >= 15 is 0 Å². The van der Waals surface area contributed by atoms with Crippen LogP contribution in [0.2, 0.25) is 0 Å². The highest BCUT2D eigenvalue weighted by atomic mass is 16.7. The molecule has 0 aliphatic carbocycles. The number of nitrogens with zero attached hydrogens (tertiary/aromatic N) is 1. The highest BCUT2D eigenvalue weighted by Gasteiger charge is 2.32. The van der Waals surface area contributed by atoms with Gasteiger partial charge in [0, 0.05) is 18.6 Å². The number of amides is 1. The van der Waals surface area contributed by atoms with Crippen LogP contribution in [0.15, 0.2) is 18.2 Å².